The topological polar surface area (TPSA) is 88.5 Å². The number of thioether (sulfide) groups is 1. The van der Waals surface area contributed by atoms with E-state index in [0.29, 0.717) is 43.8 Å². The normalized spacial score (nSPS) is 19.4. The third-order valence-corrected chi connectivity index (χ3v) is 8.86. The average Bonchev–Trinajstić information content (AvgIpc) is 3.62. The molecular weight excluding hydrogens is 534 g/mol. The van der Waals surface area contributed by atoms with E-state index in [2.05, 4.69) is 0 Å². The minimum Gasteiger partial charge on any atom is -0.466 e. The first-order valence-electron chi connectivity index (χ1n) is 13.1. The number of carbonyl (C=O) groups is 3. The lowest BCUT2D eigenvalue weighted by Crippen LogP contribution is -2.42. The quantitative estimate of drug-likeness (QED) is 0.404. The Kier molecular flexibility index (Phi) is 8.52. The van der Waals surface area contributed by atoms with Crippen LogP contribution in [0.15, 0.2) is 75.2 Å². The Morgan fingerprint density at radius 3 is 2.51 bits per heavy atom. The SMILES string of the molecule is CCOC(=O)C1CCN(C(=O)CC2=CSC3=NC(C)=C(C(=O)OCc4ccccc4)[C@H](c4cccs4)N23)CC1. The molecule has 3 aliphatic rings. The number of fused-ring (bicyclic) bond motifs is 1. The van der Waals surface area contributed by atoms with Gasteiger partial charge in [0, 0.05) is 23.7 Å². The fourth-order valence-electron chi connectivity index (χ4n) is 5.04. The Morgan fingerprint density at radius 1 is 1.05 bits per heavy atom. The van der Waals surface area contributed by atoms with Crippen molar-refractivity contribution in [2.45, 2.75) is 45.8 Å². The van der Waals surface area contributed by atoms with Gasteiger partial charge in [-0.15, -0.1) is 11.3 Å². The Bertz CT molecular complexity index is 1310. The number of thiophene rings is 1. The molecule has 204 valence electrons. The van der Waals surface area contributed by atoms with Gasteiger partial charge in [0.05, 0.1) is 30.2 Å². The minimum atomic E-state index is -0.427. The maximum atomic E-state index is 13.5. The molecule has 4 heterocycles. The summed E-state index contributed by atoms with van der Waals surface area (Å²) in [5.74, 6) is -0.755. The van der Waals surface area contributed by atoms with Gasteiger partial charge in [0.15, 0.2) is 5.17 Å². The molecule has 2 aromatic rings. The molecule has 1 atom stereocenters. The van der Waals surface area contributed by atoms with E-state index in [1.54, 1.807) is 18.3 Å². The predicted molar refractivity (Wildman–Crippen MR) is 151 cm³/mol. The lowest BCUT2D eigenvalue weighted by atomic mass is 9.96. The van der Waals surface area contributed by atoms with Crippen molar-refractivity contribution in [1.29, 1.82) is 0 Å². The van der Waals surface area contributed by atoms with E-state index in [0.717, 1.165) is 21.3 Å². The monoisotopic (exact) mass is 565 g/mol. The molecule has 0 radical (unpaired) electrons. The third-order valence-electron chi connectivity index (χ3n) is 7.05. The highest BCUT2D eigenvalue weighted by molar-refractivity contribution is 8.16. The number of esters is 2. The lowest BCUT2D eigenvalue weighted by Gasteiger charge is -2.36. The zero-order valence-electron chi connectivity index (χ0n) is 22.0. The standard InChI is InChI=1S/C29H31N3O5S2/c1-3-36-27(34)21-11-13-31(14-12-21)24(33)16-22-18-39-29-30-19(2)25(26(32(22)29)23-10-7-15-38-23)28(35)37-17-20-8-5-4-6-9-20/h4-10,15,18,21,26H,3,11-14,16-17H2,1-2H3/t26-/m0/s1. The summed E-state index contributed by atoms with van der Waals surface area (Å²) in [5, 5.41) is 4.68. The van der Waals surface area contributed by atoms with Gasteiger partial charge in [0.2, 0.25) is 5.91 Å². The Labute approximate surface area is 236 Å². The second-order valence-corrected chi connectivity index (χ2v) is 11.4. The Balaban J connectivity index is 1.32. The maximum Gasteiger partial charge on any atom is 0.338 e. The van der Waals surface area contributed by atoms with Gasteiger partial charge < -0.3 is 19.3 Å². The molecule has 1 saturated heterocycles. The van der Waals surface area contributed by atoms with Gasteiger partial charge in [0.25, 0.3) is 0 Å². The van der Waals surface area contributed by atoms with Crippen LogP contribution in [-0.2, 0) is 30.5 Å². The van der Waals surface area contributed by atoms with Crippen LogP contribution in [0.2, 0.25) is 0 Å². The molecule has 39 heavy (non-hydrogen) atoms. The number of likely N-dealkylation sites (tertiary alicyclic amines) is 1. The van der Waals surface area contributed by atoms with Crippen molar-refractivity contribution < 1.29 is 23.9 Å². The lowest BCUT2D eigenvalue weighted by molar-refractivity contribution is -0.151. The van der Waals surface area contributed by atoms with E-state index in [-0.39, 0.29) is 30.8 Å². The molecule has 1 amide bonds. The first-order chi connectivity index (χ1) is 19.0. The number of amides is 1. The third kappa shape index (κ3) is 5.96. The van der Waals surface area contributed by atoms with E-state index in [1.165, 1.54) is 11.8 Å². The van der Waals surface area contributed by atoms with Crippen molar-refractivity contribution in [3.05, 3.63) is 80.7 Å². The number of hydrogen-bond acceptors (Lipinski definition) is 9. The molecule has 0 unspecified atom stereocenters. The number of piperidine rings is 1. The molecule has 0 spiro atoms. The Morgan fingerprint density at radius 2 is 1.82 bits per heavy atom. The zero-order valence-corrected chi connectivity index (χ0v) is 23.6. The number of rotatable bonds is 8. The molecule has 5 rings (SSSR count). The highest BCUT2D eigenvalue weighted by Crippen LogP contribution is 2.46. The van der Waals surface area contributed by atoms with Crippen LogP contribution >= 0.6 is 23.1 Å². The van der Waals surface area contributed by atoms with Crippen LogP contribution < -0.4 is 0 Å². The molecular formula is C29H31N3O5S2. The van der Waals surface area contributed by atoms with Crippen LogP contribution in [0.1, 0.15) is 49.6 Å². The van der Waals surface area contributed by atoms with Crippen molar-refractivity contribution in [2.75, 3.05) is 19.7 Å². The zero-order chi connectivity index (χ0) is 27.4. The molecule has 0 saturated carbocycles. The van der Waals surface area contributed by atoms with Gasteiger partial charge in [-0.1, -0.05) is 48.2 Å². The van der Waals surface area contributed by atoms with Gasteiger partial charge >= 0.3 is 11.9 Å². The fraction of sp³-hybridized carbons (Fsp3) is 0.379. The second kappa shape index (κ2) is 12.2. The molecule has 1 fully saturated rings. The van der Waals surface area contributed by atoms with Gasteiger partial charge in [-0.05, 0) is 49.1 Å². The Hall–Kier alpha value is -3.37. The summed E-state index contributed by atoms with van der Waals surface area (Å²) in [6.45, 7) is 5.22. The number of allylic oxidation sites excluding steroid dienone is 1. The summed E-state index contributed by atoms with van der Waals surface area (Å²) >= 11 is 3.02. The minimum absolute atomic E-state index is 0.00480. The number of aliphatic imine (C=N–C) groups is 1. The molecule has 0 bridgehead atoms. The van der Waals surface area contributed by atoms with E-state index < -0.39 is 12.0 Å². The molecule has 8 nitrogen and oxygen atoms in total. The van der Waals surface area contributed by atoms with Gasteiger partial charge in [-0.2, -0.15) is 0 Å². The number of carbonyl (C=O) groups excluding carboxylic acids is 3. The predicted octanol–water partition coefficient (Wildman–Crippen LogP) is 5.26. The molecule has 3 aliphatic heterocycles. The molecule has 0 N–H and O–H groups in total. The number of benzene rings is 1. The molecule has 10 heteroatoms. The molecule has 1 aromatic carbocycles. The van der Waals surface area contributed by atoms with Crippen molar-refractivity contribution >= 4 is 46.1 Å². The van der Waals surface area contributed by atoms with Crippen LogP contribution in [0.4, 0.5) is 0 Å². The first kappa shape index (κ1) is 27.2. The fourth-order valence-corrected chi connectivity index (χ4v) is 6.83. The van der Waals surface area contributed by atoms with E-state index in [4.69, 9.17) is 14.5 Å². The highest BCUT2D eigenvalue weighted by Gasteiger charge is 2.42. The van der Waals surface area contributed by atoms with Crippen LogP contribution in [0, 0.1) is 5.92 Å². The van der Waals surface area contributed by atoms with Crippen molar-refractivity contribution in [3.63, 3.8) is 0 Å². The molecule has 1 aromatic heterocycles. The summed E-state index contributed by atoms with van der Waals surface area (Å²) in [4.78, 5) is 48.5. The number of amidine groups is 1. The van der Waals surface area contributed by atoms with Gasteiger partial charge in [0.1, 0.15) is 12.6 Å². The summed E-state index contributed by atoms with van der Waals surface area (Å²) in [7, 11) is 0. The van der Waals surface area contributed by atoms with Crippen molar-refractivity contribution in [3.8, 4) is 0 Å². The van der Waals surface area contributed by atoms with Crippen molar-refractivity contribution in [2.24, 2.45) is 10.9 Å². The van der Waals surface area contributed by atoms with E-state index >= 15 is 0 Å². The van der Waals surface area contributed by atoms with Crippen LogP contribution in [-0.4, -0.2) is 52.5 Å². The molecule has 0 aliphatic carbocycles. The summed E-state index contributed by atoms with van der Waals surface area (Å²) in [6, 6.07) is 13.1. The highest BCUT2D eigenvalue weighted by atomic mass is 32.2. The summed E-state index contributed by atoms with van der Waals surface area (Å²) in [5.41, 5.74) is 2.81. The van der Waals surface area contributed by atoms with Gasteiger partial charge in [-0.3, -0.25) is 9.59 Å². The van der Waals surface area contributed by atoms with E-state index in [9.17, 15) is 14.4 Å². The number of nitrogens with zero attached hydrogens (tertiary/aromatic N) is 3. The van der Waals surface area contributed by atoms with Gasteiger partial charge in [-0.25, -0.2) is 9.79 Å². The average molecular weight is 566 g/mol. The number of hydrogen-bond donors (Lipinski definition) is 0. The first-order valence-corrected chi connectivity index (χ1v) is 14.9. The maximum absolute atomic E-state index is 13.5. The van der Waals surface area contributed by atoms with Crippen LogP contribution in [0.25, 0.3) is 0 Å². The number of ether oxygens (including phenoxy) is 2. The van der Waals surface area contributed by atoms with Crippen LogP contribution in [0.5, 0.6) is 0 Å². The summed E-state index contributed by atoms with van der Waals surface area (Å²) in [6.07, 6.45) is 1.39. The van der Waals surface area contributed by atoms with E-state index in [1.807, 2.05) is 70.0 Å². The second-order valence-electron chi connectivity index (χ2n) is 9.55. The van der Waals surface area contributed by atoms with Crippen molar-refractivity contribution in [1.82, 2.24) is 9.80 Å². The van der Waals surface area contributed by atoms with Crippen LogP contribution in [0.3, 0.4) is 0 Å². The summed E-state index contributed by atoms with van der Waals surface area (Å²) < 4.78 is 10.9. The largest absolute Gasteiger partial charge is 0.466 e. The smallest absolute Gasteiger partial charge is 0.338 e.